The third-order valence-electron chi connectivity index (χ3n) is 6.92. The van der Waals surface area contributed by atoms with Crippen molar-refractivity contribution in [3.05, 3.63) is 54.4 Å². The molecule has 0 atom stereocenters. The Balaban J connectivity index is 1.47. The monoisotopic (exact) mass is 521 g/mol. The van der Waals surface area contributed by atoms with Crippen molar-refractivity contribution in [1.29, 1.82) is 0 Å². The van der Waals surface area contributed by atoms with Crippen LogP contribution in [0, 0.1) is 0 Å². The molecule has 0 aliphatic carbocycles. The van der Waals surface area contributed by atoms with Crippen molar-refractivity contribution < 1.29 is 8.42 Å². The zero-order valence-electron chi connectivity index (χ0n) is 21.4. The van der Waals surface area contributed by atoms with Crippen molar-refractivity contribution >= 4 is 27.0 Å². The molecule has 37 heavy (non-hydrogen) atoms. The number of fused-ring (bicyclic) bond motifs is 1. The summed E-state index contributed by atoms with van der Waals surface area (Å²) in [6, 6.07) is 15.6. The van der Waals surface area contributed by atoms with Gasteiger partial charge in [-0.2, -0.15) is 0 Å². The first kappa shape index (κ1) is 25.4. The van der Waals surface area contributed by atoms with Gasteiger partial charge in [-0.15, -0.1) is 0 Å². The van der Waals surface area contributed by atoms with E-state index in [1.54, 1.807) is 19.9 Å². The number of hydrogen-bond acceptors (Lipinski definition) is 7. The normalized spacial score (nSPS) is 15.1. The SMILES string of the molecule is CC(C)S(=O)(=O)n1c(N)nc2ccc(-c3nc(CNCCN4CCCCC4)[nH]c3-c3ccccc3)cc21. The van der Waals surface area contributed by atoms with Crippen LogP contribution < -0.4 is 11.1 Å². The van der Waals surface area contributed by atoms with Gasteiger partial charge in [0.25, 0.3) is 0 Å². The molecule has 10 heteroatoms. The summed E-state index contributed by atoms with van der Waals surface area (Å²) < 4.78 is 27.2. The molecule has 0 amide bonds. The maximum absolute atomic E-state index is 13.0. The topological polar surface area (TPSA) is 122 Å². The number of hydrogen-bond donors (Lipinski definition) is 3. The minimum Gasteiger partial charge on any atom is -0.368 e. The number of nitrogen functional groups attached to an aromatic ring is 1. The molecule has 0 spiro atoms. The number of rotatable bonds is 9. The van der Waals surface area contributed by atoms with Gasteiger partial charge in [0.05, 0.1) is 34.2 Å². The average Bonchev–Trinajstić information content (AvgIpc) is 3.48. The van der Waals surface area contributed by atoms with E-state index in [2.05, 4.69) is 20.2 Å². The minimum atomic E-state index is -3.68. The molecule has 2 aromatic carbocycles. The first-order valence-corrected chi connectivity index (χ1v) is 14.4. The highest BCUT2D eigenvalue weighted by molar-refractivity contribution is 7.90. The first-order chi connectivity index (χ1) is 17.8. The van der Waals surface area contributed by atoms with Gasteiger partial charge in [0, 0.05) is 24.2 Å². The van der Waals surface area contributed by atoms with Crippen LogP contribution in [0.4, 0.5) is 5.95 Å². The van der Waals surface area contributed by atoms with Gasteiger partial charge in [0.1, 0.15) is 5.82 Å². The van der Waals surface area contributed by atoms with Gasteiger partial charge < -0.3 is 20.9 Å². The third-order valence-corrected chi connectivity index (χ3v) is 9.01. The Hall–Kier alpha value is -3.21. The van der Waals surface area contributed by atoms with Crippen LogP contribution in [0.2, 0.25) is 0 Å². The molecule has 1 aliphatic heterocycles. The predicted octanol–water partition coefficient (Wildman–Crippen LogP) is 3.84. The quantitative estimate of drug-likeness (QED) is 0.286. The molecule has 2 aromatic heterocycles. The van der Waals surface area contributed by atoms with Crippen LogP contribution in [0.1, 0.15) is 38.9 Å². The van der Waals surface area contributed by atoms with Gasteiger partial charge >= 0.3 is 0 Å². The molecule has 4 N–H and O–H groups in total. The van der Waals surface area contributed by atoms with Gasteiger partial charge in [0.2, 0.25) is 16.0 Å². The van der Waals surface area contributed by atoms with E-state index in [0.717, 1.165) is 45.4 Å². The summed E-state index contributed by atoms with van der Waals surface area (Å²) in [7, 11) is -3.68. The van der Waals surface area contributed by atoms with E-state index in [0.29, 0.717) is 17.6 Å². The second-order valence-corrected chi connectivity index (χ2v) is 12.2. The summed E-state index contributed by atoms with van der Waals surface area (Å²) in [6.07, 6.45) is 3.91. The standard InChI is InChI=1S/C27H35N7O2S/c1-19(2)37(35,36)34-23-17-21(11-12-22(23)30-27(34)28)26-25(20-9-5-3-6-10-20)31-24(32-26)18-29-13-16-33-14-7-4-8-15-33/h3,5-6,9-12,17,19,29H,4,7-8,13-16,18H2,1-2H3,(H2,28,30)(H,31,32). The summed E-state index contributed by atoms with van der Waals surface area (Å²) in [5.74, 6) is 0.792. The maximum atomic E-state index is 13.0. The van der Waals surface area contributed by atoms with Crippen LogP contribution in [-0.2, 0) is 16.6 Å². The van der Waals surface area contributed by atoms with Crippen molar-refractivity contribution in [2.75, 3.05) is 31.9 Å². The number of piperidine rings is 1. The Bertz CT molecular complexity index is 1470. The fourth-order valence-electron chi connectivity index (χ4n) is 4.85. The van der Waals surface area contributed by atoms with E-state index in [1.807, 2.05) is 42.5 Å². The summed E-state index contributed by atoms with van der Waals surface area (Å²) in [5, 5.41) is 2.89. The summed E-state index contributed by atoms with van der Waals surface area (Å²) in [5.41, 5.74) is 10.5. The van der Waals surface area contributed by atoms with Crippen molar-refractivity contribution in [1.82, 2.24) is 29.1 Å². The van der Waals surface area contributed by atoms with Crippen molar-refractivity contribution in [2.24, 2.45) is 0 Å². The third kappa shape index (κ3) is 5.27. The fraction of sp³-hybridized carbons (Fsp3) is 0.407. The molecule has 3 heterocycles. The molecule has 1 aliphatic rings. The van der Waals surface area contributed by atoms with E-state index < -0.39 is 15.3 Å². The lowest BCUT2D eigenvalue weighted by Gasteiger charge is -2.26. The number of aromatic amines is 1. The molecule has 5 rings (SSSR count). The lowest BCUT2D eigenvalue weighted by Crippen LogP contribution is -2.35. The highest BCUT2D eigenvalue weighted by Crippen LogP contribution is 2.33. The molecule has 4 aromatic rings. The summed E-state index contributed by atoms with van der Waals surface area (Å²) in [6.45, 7) is 8.18. The van der Waals surface area contributed by atoms with Gasteiger partial charge in [-0.25, -0.2) is 22.4 Å². The van der Waals surface area contributed by atoms with Crippen molar-refractivity contribution in [3.63, 3.8) is 0 Å². The highest BCUT2D eigenvalue weighted by Gasteiger charge is 2.25. The van der Waals surface area contributed by atoms with Crippen LogP contribution in [0.5, 0.6) is 0 Å². The first-order valence-electron chi connectivity index (χ1n) is 12.9. The van der Waals surface area contributed by atoms with E-state index in [4.69, 9.17) is 10.7 Å². The second-order valence-electron chi connectivity index (χ2n) is 9.88. The smallest absolute Gasteiger partial charge is 0.244 e. The van der Waals surface area contributed by atoms with Crippen molar-refractivity contribution in [2.45, 2.75) is 44.9 Å². The van der Waals surface area contributed by atoms with E-state index >= 15 is 0 Å². The molecule has 0 saturated carbocycles. The number of imidazole rings is 2. The molecule has 1 saturated heterocycles. The number of nitrogens with two attached hydrogens (primary N) is 1. The predicted molar refractivity (Wildman–Crippen MR) is 149 cm³/mol. The Morgan fingerprint density at radius 2 is 1.78 bits per heavy atom. The van der Waals surface area contributed by atoms with Crippen LogP contribution >= 0.6 is 0 Å². The molecule has 0 radical (unpaired) electrons. The molecular formula is C27H35N7O2S. The molecule has 0 bridgehead atoms. The lowest BCUT2D eigenvalue weighted by atomic mass is 10.0. The number of anilines is 1. The van der Waals surface area contributed by atoms with Crippen LogP contribution in [0.15, 0.2) is 48.5 Å². The van der Waals surface area contributed by atoms with Gasteiger partial charge in [-0.05, 0) is 51.9 Å². The Kier molecular flexibility index (Phi) is 7.32. The second kappa shape index (κ2) is 10.6. The Labute approximate surface area is 218 Å². The van der Waals surface area contributed by atoms with Gasteiger partial charge in [0.15, 0.2) is 0 Å². The fourth-order valence-corrected chi connectivity index (χ4v) is 6.00. The van der Waals surface area contributed by atoms with E-state index in [1.165, 1.54) is 32.4 Å². The number of benzene rings is 2. The molecular weight excluding hydrogens is 486 g/mol. The van der Waals surface area contributed by atoms with E-state index in [9.17, 15) is 8.42 Å². The number of H-pyrrole nitrogens is 1. The van der Waals surface area contributed by atoms with E-state index in [-0.39, 0.29) is 5.95 Å². The maximum Gasteiger partial charge on any atom is 0.244 e. The van der Waals surface area contributed by atoms with Gasteiger partial charge in [-0.3, -0.25) is 0 Å². The molecule has 196 valence electrons. The number of likely N-dealkylation sites (tertiary alicyclic amines) is 1. The van der Waals surface area contributed by atoms with Crippen LogP contribution in [-0.4, -0.2) is 63.7 Å². The average molecular weight is 522 g/mol. The largest absolute Gasteiger partial charge is 0.368 e. The zero-order chi connectivity index (χ0) is 26.0. The molecule has 9 nitrogen and oxygen atoms in total. The van der Waals surface area contributed by atoms with Crippen molar-refractivity contribution in [3.8, 4) is 22.5 Å². The summed E-state index contributed by atoms with van der Waals surface area (Å²) in [4.78, 5) is 15.2. The molecule has 0 unspecified atom stereocenters. The Morgan fingerprint density at radius 1 is 1.03 bits per heavy atom. The highest BCUT2D eigenvalue weighted by atomic mass is 32.2. The number of nitrogens with zero attached hydrogens (tertiary/aromatic N) is 4. The Morgan fingerprint density at radius 3 is 2.51 bits per heavy atom. The lowest BCUT2D eigenvalue weighted by molar-refractivity contribution is 0.229. The van der Waals surface area contributed by atoms with Gasteiger partial charge in [-0.1, -0.05) is 42.8 Å². The van der Waals surface area contributed by atoms with Crippen LogP contribution in [0.3, 0.4) is 0 Å². The number of aromatic nitrogens is 4. The zero-order valence-corrected chi connectivity index (χ0v) is 22.3. The molecule has 1 fully saturated rings. The minimum absolute atomic E-state index is 0.0373. The summed E-state index contributed by atoms with van der Waals surface area (Å²) >= 11 is 0. The van der Waals surface area contributed by atoms with Crippen LogP contribution in [0.25, 0.3) is 33.5 Å². The number of nitrogens with one attached hydrogen (secondary N) is 2.